The summed E-state index contributed by atoms with van der Waals surface area (Å²) in [6, 6.07) is 9.50. The first kappa shape index (κ1) is 16.7. The second-order valence-corrected chi connectivity index (χ2v) is 7.86. The molecule has 0 aliphatic heterocycles. The smallest absolute Gasteiger partial charge is 0.0480 e. The molecular weight excluding hydrogens is 274 g/mol. The van der Waals surface area contributed by atoms with E-state index < -0.39 is 0 Å². The molecule has 0 heterocycles. The van der Waals surface area contributed by atoms with Crippen LogP contribution in [0.5, 0.6) is 0 Å². The molecule has 1 aromatic rings. The Morgan fingerprint density at radius 2 is 1.86 bits per heavy atom. The molecule has 1 aromatic carbocycles. The molecule has 0 bridgehead atoms. The number of anilines is 1. The highest BCUT2D eigenvalue weighted by Gasteiger charge is 2.18. The Balaban J connectivity index is 2.00. The Kier molecular flexibility index (Phi) is 6.95. The molecule has 1 aliphatic carbocycles. The summed E-state index contributed by atoms with van der Waals surface area (Å²) in [6.45, 7) is 6.96. The van der Waals surface area contributed by atoms with Gasteiger partial charge in [0.05, 0.1) is 0 Å². The maximum absolute atomic E-state index is 3.82. The number of thioether (sulfide) groups is 1. The molecule has 2 rings (SSSR count). The van der Waals surface area contributed by atoms with Gasteiger partial charge in [0, 0.05) is 21.9 Å². The van der Waals surface area contributed by atoms with E-state index in [1.54, 1.807) is 0 Å². The van der Waals surface area contributed by atoms with Crippen LogP contribution in [0.4, 0.5) is 5.69 Å². The minimum atomic E-state index is 0.602. The van der Waals surface area contributed by atoms with Crippen LogP contribution in [0.25, 0.3) is 0 Å². The standard InChI is InChI=1S/C19H31NS/c1-4-15(3)14-16(5-2)20-18-12-8-9-13-19(18)21-17-10-6-7-11-17/h8-9,12-13,15-17,20H,4-7,10-11,14H2,1-3H3. The first-order chi connectivity index (χ1) is 10.2. The van der Waals surface area contributed by atoms with Crippen molar-refractivity contribution in [3.63, 3.8) is 0 Å². The Labute approximate surface area is 135 Å². The van der Waals surface area contributed by atoms with Gasteiger partial charge in [-0.15, -0.1) is 11.8 Å². The summed E-state index contributed by atoms with van der Waals surface area (Å²) in [5, 5.41) is 4.65. The van der Waals surface area contributed by atoms with E-state index in [1.165, 1.54) is 55.5 Å². The normalized spacial score (nSPS) is 18.6. The fourth-order valence-electron chi connectivity index (χ4n) is 3.07. The Morgan fingerprint density at radius 1 is 1.14 bits per heavy atom. The molecule has 1 aliphatic rings. The second kappa shape index (κ2) is 8.73. The fourth-order valence-corrected chi connectivity index (χ4v) is 4.41. The quantitative estimate of drug-likeness (QED) is 0.600. The zero-order valence-electron chi connectivity index (χ0n) is 13.9. The lowest BCUT2D eigenvalue weighted by Gasteiger charge is -2.23. The van der Waals surface area contributed by atoms with Gasteiger partial charge in [-0.25, -0.2) is 0 Å². The van der Waals surface area contributed by atoms with Crippen LogP contribution in [0.3, 0.4) is 0 Å². The van der Waals surface area contributed by atoms with Crippen LogP contribution in [0.15, 0.2) is 29.2 Å². The molecule has 0 aromatic heterocycles. The SMILES string of the molecule is CCC(C)CC(CC)Nc1ccccc1SC1CCCC1. The molecule has 2 heteroatoms. The van der Waals surface area contributed by atoms with Crippen molar-refractivity contribution >= 4 is 17.4 Å². The van der Waals surface area contributed by atoms with Crippen molar-refractivity contribution in [2.45, 2.75) is 81.9 Å². The van der Waals surface area contributed by atoms with Gasteiger partial charge in [-0.1, -0.05) is 52.2 Å². The van der Waals surface area contributed by atoms with E-state index in [1.807, 2.05) is 0 Å². The zero-order chi connectivity index (χ0) is 15.1. The highest BCUT2D eigenvalue weighted by molar-refractivity contribution is 8.00. The minimum absolute atomic E-state index is 0.602. The fraction of sp³-hybridized carbons (Fsp3) is 0.684. The van der Waals surface area contributed by atoms with Gasteiger partial charge in [0.1, 0.15) is 0 Å². The molecule has 0 saturated heterocycles. The summed E-state index contributed by atoms with van der Waals surface area (Å²) in [5.41, 5.74) is 1.35. The van der Waals surface area contributed by atoms with Crippen LogP contribution in [0.1, 0.15) is 65.7 Å². The summed E-state index contributed by atoms with van der Waals surface area (Å²) < 4.78 is 0. The number of rotatable bonds is 8. The van der Waals surface area contributed by atoms with E-state index in [9.17, 15) is 0 Å². The van der Waals surface area contributed by atoms with Crippen LogP contribution in [-0.2, 0) is 0 Å². The van der Waals surface area contributed by atoms with E-state index in [2.05, 4.69) is 62.1 Å². The van der Waals surface area contributed by atoms with Crippen LogP contribution >= 0.6 is 11.8 Å². The van der Waals surface area contributed by atoms with Crippen LogP contribution < -0.4 is 5.32 Å². The van der Waals surface area contributed by atoms with E-state index >= 15 is 0 Å². The third-order valence-corrected chi connectivity index (χ3v) is 6.13. The number of benzene rings is 1. The van der Waals surface area contributed by atoms with Crippen molar-refractivity contribution in [3.8, 4) is 0 Å². The molecule has 21 heavy (non-hydrogen) atoms. The van der Waals surface area contributed by atoms with Crippen molar-refractivity contribution in [2.24, 2.45) is 5.92 Å². The molecule has 0 radical (unpaired) electrons. The van der Waals surface area contributed by atoms with Gasteiger partial charge in [-0.2, -0.15) is 0 Å². The van der Waals surface area contributed by atoms with Crippen LogP contribution in [0, 0.1) is 5.92 Å². The highest BCUT2D eigenvalue weighted by atomic mass is 32.2. The molecule has 2 atom stereocenters. The van der Waals surface area contributed by atoms with Gasteiger partial charge in [0.2, 0.25) is 0 Å². The highest BCUT2D eigenvalue weighted by Crippen LogP contribution is 2.38. The lowest BCUT2D eigenvalue weighted by molar-refractivity contribution is 0.461. The van der Waals surface area contributed by atoms with Gasteiger partial charge in [-0.05, 0) is 43.7 Å². The maximum Gasteiger partial charge on any atom is 0.0480 e. The molecule has 2 unspecified atom stereocenters. The van der Waals surface area contributed by atoms with Gasteiger partial charge >= 0.3 is 0 Å². The van der Waals surface area contributed by atoms with Crippen LogP contribution in [-0.4, -0.2) is 11.3 Å². The van der Waals surface area contributed by atoms with E-state index in [0.29, 0.717) is 6.04 Å². The molecule has 1 N–H and O–H groups in total. The summed E-state index contributed by atoms with van der Waals surface area (Å²) >= 11 is 2.09. The summed E-state index contributed by atoms with van der Waals surface area (Å²) in [7, 11) is 0. The van der Waals surface area contributed by atoms with Gasteiger partial charge < -0.3 is 5.32 Å². The third-order valence-electron chi connectivity index (χ3n) is 4.72. The number of hydrogen-bond donors (Lipinski definition) is 1. The van der Waals surface area contributed by atoms with Gasteiger partial charge in [0.25, 0.3) is 0 Å². The molecule has 118 valence electrons. The summed E-state index contributed by atoms with van der Waals surface area (Å²) in [4.78, 5) is 1.45. The monoisotopic (exact) mass is 305 g/mol. The van der Waals surface area contributed by atoms with E-state index in [-0.39, 0.29) is 0 Å². The van der Waals surface area contributed by atoms with Crippen molar-refractivity contribution in [3.05, 3.63) is 24.3 Å². The van der Waals surface area contributed by atoms with Crippen molar-refractivity contribution < 1.29 is 0 Å². The Hall–Kier alpha value is -0.630. The molecule has 1 saturated carbocycles. The number of nitrogens with one attached hydrogen (secondary N) is 1. The molecule has 0 amide bonds. The van der Waals surface area contributed by atoms with Crippen molar-refractivity contribution in [1.29, 1.82) is 0 Å². The lowest BCUT2D eigenvalue weighted by atomic mass is 9.97. The van der Waals surface area contributed by atoms with Gasteiger partial charge in [-0.3, -0.25) is 0 Å². The molecule has 1 nitrogen and oxygen atoms in total. The van der Waals surface area contributed by atoms with E-state index in [0.717, 1.165) is 11.2 Å². The summed E-state index contributed by atoms with van der Waals surface area (Å²) in [5.74, 6) is 0.803. The lowest BCUT2D eigenvalue weighted by Crippen LogP contribution is -2.21. The zero-order valence-corrected chi connectivity index (χ0v) is 14.7. The molecule has 1 fully saturated rings. The first-order valence-electron chi connectivity index (χ1n) is 8.75. The predicted octanol–water partition coefficient (Wildman–Crippen LogP) is 6.35. The Bertz CT molecular complexity index is 412. The molecular formula is C19H31NS. The largest absolute Gasteiger partial charge is 0.381 e. The predicted molar refractivity (Wildman–Crippen MR) is 96.3 cm³/mol. The number of para-hydroxylation sites is 1. The van der Waals surface area contributed by atoms with Crippen molar-refractivity contribution in [2.75, 3.05) is 5.32 Å². The topological polar surface area (TPSA) is 12.0 Å². The van der Waals surface area contributed by atoms with Gasteiger partial charge in [0.15, 0.2) is 0 Å². The Morgan fingerprint density at radius 3 is 2.52 bits per heavy atom. The summed E-state index contributed by atoms with van der Waals surface area (Å²) in [6.07, 6.45) is 9.36. The van der Waals surface area contributed by atoms with Crippen molar-refractivity contribution in [1.82, 2.24) is 0 Å². The van der Waals surface area contributed by atoms with Crippen LogP contribution in [0.2, 0.25) is 0 Å². The third kappa shape index (κ3) is 5.25. The average Bonchev–Trinajstić information content (AvgIpc) is 3.01. The average molecular weight is 306 g/mol. The first-order valence-corrected chi connectivity index (χ1v) is 9.63. The second-order valence-electron chi connectivity index (χ2n) is 6.52. The minimum Gasteiger partial charge on any atom is -0.381 e. The number of hydrogen-bond acceptors (Lipinski definition) is 2. The van der Waals surface area contributed by atoms with E-state index in [4.69, 9.17) is 0 Å². The molecule has 0 spiro atoms. The maximum atomic E-state index is 3.82.